The zero-order valence-corrected chi connectivity index (χ0v) is 11.6. The molecule has 1 atom stereocenters. The highest BCUT2D eigenvalue weighted by atomic mass is 16.5. The fraction of sp³-hybridized carbons (Fsp3) is 0.533. The first-order valence-electron chi connectivity index (χ1n) is 6.71. The molecule has 1 unspecified atom stereocenters. The first-order valence-corrected chi connectivity index (χ1v) is 6.71. The molecule has 0 aliphatic carbocycles. The summed E-state index contributed by atoms with van der Waals surface area (Å²) in [6.45, 7) is 5.26. The van der Waals surface area contributed by atoms with Crippen molar-refractivity contribution >= 4 is 0 Å². The Morgan fingerprint density at radius 2 is 2.15 bits per heavy atom. The van der Waals surface area contributed by atoms with E-state index in [1.807, 2.05) is 6.07 Å². The lowest BCUT2D eigenvalue weighted by atomic mass is 9.89. The van der Waals surface area contributed by atoms with Crippen LogP contribution in [0.25, 0.3) is 0 Å². The molecule has 0 spiro atoms. The molecule has 0 amide bonds. The number of rotatable bonds is 7. The van der Waals surface area contributed by atoms with E-state index in [2.05, 4.69) is 12.2 Å². The molecular formula is C15H20N2O3. The maximum atomic E-state index is 9.83. The predicted octanol–water partition coefficient (Wildman–Crippen LogP) is 0.924. The van der Waals surface area contributed by atoms with Crippen LogP contribution >= 0.6 is 0 Å². The topological polar surface area (TPSA) is 74.5 Å². The molecule has 5 heteroatoms. The molecule has 1 aromatic rings. The number of ether oxygens (including phenoxy) is 2. The van der Waals surface area contributed by atoms with Crippen LogP contribution in [0.2, 0.25) is 0 Å². The summed E-state index contributed by atoms with van der Waals surface area (Å²) in [6, 6.07) is 8.89. The molecule has 1 fully saturated rings. The third kappa shape index (κ3) is 4.20. The average Bonchev–Trinajstić information content (AvgIpc) is 2.44. The van der Waals surface area contributed by atoms with Crippen LogP contribution < -0.4 is 10.1 Å². The second-order valence-electron chi connectivity index (χ2n) is 5.54. The number of aliphatic hydroxyl groups is 1. The van der Waals surface area contributed by atoms with Crippen LogP contribution in [0.15, 0.2) is 24.3 Å². The van der Waals surface area contributed by atoms with Crippen molar-refractivity contribution in [3.8, 4) is 11.8 Å². The van der Waals surface area contributed by atoms with Crippen LogP contribution in [0.1, 0.15) is 12.5 Å². The van der Waals surface area contributed by atoms with Gasteiger partial charge in [0.15, 0.2) is 0 Å². The summed E-state index contributed by atoms with van der Waals surface area (Å²) in [5, 5.41) is 21.7. The highest BCUT2D eigenvalue weighted by Gasteiger charge is 2.32. The SMILES string of the molecule is CC1(CNCC(O)COc2ccc(C#N)cc2)COC1. The van der Waals surface area contributed by atoms with Gasteiger partial charge < -0.3 is 19.9 Å². The second kappa shape index (κ2) is 6.71. The number of benzene rings is 1. The van der Waals surface area contributed by atoms with E-state index >= 15 is 0 Å². The molecular weight excluding hydrogens is 256 g/mol. The fourth-order valence-electron chi connectivity index (χ4n) is 1.97. The van der Waals surface area contributed by atoms with Crippen molar-refractivity contribution in [1.29, 1.82) is 5.26 Å². The molecule has 20 heavy (non-hydrogen) atoms. The minimum absolute atomic E-state index is 0.202. The van der Waals surface area contributed by atoms with Gasteiger partial charge in [0.1, 0.15) is 18.5 Å². The summed E-state index contributed by atoms with van der Waals surface area (Å²) < 4.78 is 10.6. The van der Waals surface area contributed by atoms with E-state index in [4.69, 9.17) is 14.7 Å². The highest BCUT2D eigenvalue weighted by Crippen LogP contribution is 2.24. The van der Waals surface area contributed by atoms with Gasteiger partial charge in [-0.15, -0.1) is 0 Å². The van der Waals surface area contributed by atoms with E-state index in [-0.39, 0.29) is 12.0 Å². The Morgan fingerprint density at radius 1 is 1.45 bits per heavy atom. The van der Waals surface area contributed by atoms with Crippen molar-refractivity contribution in [1.82, 2.24) is 5.32 Å². The average molecular weight is 276 g/mol. The number of nitrogens with zero attached hydrogens (tertiary/aromatic N) is 1. The molecule has 0 radical (unpaired) electrons. The Balaban J connectivity index is 1.64. The maximum Gasteiger partial charge on any atom is 0.119 e. The lowest BCUT2D eigenvalue weighted by Crippen LogP contribution is -2.48. The number of nitrogens with one attached hydrogen (secondary N) is 1. The smallest absolute Gasteiger partial charge is 0.119 e. The van der Waals surface area contributed by atoms with Crippen molar-refractivity contribution in [2.75, 3.05) is 32.9 Å². The number of hydrogen-bond donors (Lipinski definition) is 2. The van der Waals surface area contributed by atoms with Gasteiger partial charge in [0.05, 0.1) is 24.8 Å². The number of hydrogen-bond acceptors (Lipinski definition) is 5. The van der Waals surface area contributed by atoms with Crippen molar-refractivity contribution in [2.24, 2.45) is 5.41 Å². The van der Waals surface area contributed by atoms with Gasteiger partial charge in [-0.3, -0.25) is 0 Å². The minimum atomic E-state index is -0.560. The van der Waals surface area contributed by atoms with Gasteiger partial charge >= 0.3 is 0 Å². The van der Waals surface area contributed by atoms with Gasteiger partial charge in [0.25, 0.3) is 0 Å². The summed E-state index contributed by atoms with van der Waals surface area (Å²) in [5.41, 5.74) is 0.795. The normalized spacial score (nSPS) is 17.9. The van der Waals surface area contributed by atoms with Gasteiger partial charge in [-0.1, -0.05) is 6.92 Å². The molecule has 1 aliphatic heterocycles. The molecule has 108 valence electrons. The van der Waals surface area contributed by atoms with E-state index in [1.165, 1.54) is 0 Å². The fourth-order valence-corrected chi connectivity index (χ4v) is 1.97. The Labute approximate surface area is 119 Å². The Kier molecular flexibility index (Phi) is 4.96. The van der Waals surface area contributed by atoms with E-state index in [0.717, 1.165) is 19.8 Å². The van der Waals surface area contributed by atoms with Crippen LogP contribution in [0.4, 0.5) is 0 Å². The van der Waals surface area contributed by atoms with Crippen LogP contribution in [0.5, 0.6) is 5.75 Å². The summed E-state index contributed by atoms with van der Waals surface area (Å²) in [6.07, 6.45) is -0.560. The summed E-state index contributed by atoms with van der Waals surface area (Å²) in [7, 11) is 0. The van der Waals surface area contributed by atoms with Gasteiger partial charge in [0, 0.05) is 18.5 Å². The zero-order valence-electron chi connectivity index (χ0n) is 11.6. The van der Waals surface area contributed by atoms with Crippen molar-refractivity contribution < 1.29 is 14.6 Å². The van der Waals surface area contributed by atoms with Crippen LogP contribution in [-0.2, 0) is 4.74 Å². The largest absolute Gasteiger partial charge is 0.491 e. The molecule has 1 aliphatic rings. The molecule has 0 aromatic heterocycles. The lowest BCUT2D eigenvalue weighted by Gasteiger charge is -2.38. The van der Waals surface area contributed by atoms with Gasteiger partial charge in [-0.05, 0) is 24.3 Å². The molecule has 2 rings (SSSR count). The van der Waals surface area contributed by atoms with Crippen LogP contribution in [0, 0.1) is 16.7 Å². The van der Waals surface area contributed by atoms with Crippen molar-refractivity contribution in [3.63, 3.8) is 0 Å². The summed E-state index contributed by atoms with van der Waals surface area (Å²) in [4.78, 5) is 0. The maximum absolute atomic E-state index is 9.83. The molecule has 0 bridgehead atoms. The van der Waals surface area contributed by atoms with Gasteiger partial charge in [-0.25, -0.2) is 0 Å². The highest BCUT2D eigenvalue weighted by molar-refractivity contribution is 5.34. The molecule has 2 N–H and O–H groups in total. The quantitative estimate of drug-likeness (QED) is 0.775. The number of aliphatic hydroxyl groups excluding tert-OH is 1. The second-order valence-corrected chi connectivity index (χ2v) is 5.54. The van der Waals surface area contributed by atoms with E-state index in [9.17, 15) is 5.11 Å². The Morgan fingerprint density at radius 3 is 2.70 bits per heavy atom. The number of nitriles is 1. The lowest BCUT2D eigenvalue weighted by molar-refractivity contribution is -0.0997. The van der Waals surface area contributed by atoms with E-state index < -0.39 is 6.10 Å². The van der Waals surface area contributed by atoms with E-state index in [1.54, 1.807) is 24.3 Å². The monoisotopic (exact) mass is 276 g/mol. The molecule has 1 heterocycles. The minimum Gasteiger partial charge on any atom is -0.491 e. The third-order valence-electron chi connectivity index (χ3n) is 3.26. The molecule has 1 saturated heterocycles. The summed E-state index contributed by atoms with van der Waals surface area (Å²) >= 11 is 0. The molecule has 1 aromatic carbocycles. The predicted molar refractivity (Wildman–Crippen MR) is 74.5 cm³/mol. The van der Waals surface area contributed by atoms with Crippen molar-refractivity contribution in [3.05, 3.63) is 29.8 Å². The van der Waals surface area contributed by atoms with Crippen LogP contribution in [0.3, 0.4) is 0 Å². The standard InChI is InChI=1S/C15H20N2O3/c1-15(10-19-11-15)9-17-7-13(18)8-20-14-4-2-12(6-16)3-5-14/h2-5,13,17-18H,7-11H2,1H3. The van der Waals surface area contributed by atoms with Gasteiger partial charge in [-0.2, -0.15) is 5.26 Å². The third-order valence-corrected chi connectivity index (χ3v) is 3.26. The van der Waals surface area contributed by atoms with Gasteiger partial charge in [0.2, 0.25) is 0 Å². The summed E-state index contributed by atoms with van der Waals surface area (Å²) in [5.74, 6) is 0.655. The molecule has 0 saturated carbocycles. The molecule has 5 nitrogen and oxygen atoms in total. The zero-order chi connectivity index (χ0) is 14.4. The van der Waals surface area contributed by atoms with Crippen molar-refractivity contribution in [2.45, 2.75) is 13.0 Å². The first kappa shape index (κ1) is 14.8. The van der Waals surface area contributed by atoms with Crippen LogP contribution in [-0.4, -0.2) is 44.1 Å². The first-order chi connectivity index (χ1) is 9.61. The Bertz CT molecular complexity index is 463. The van der Waals surface area contributed by atoms with E-state index in [0.29, 0.717) is 17.9 Å². The Hall–Kier alpha value is -1.61.